The van der Waals surface area contributed by atoms with Gasteiger partial charge in [-0.25, -0.2) is 17.9 Å². The molecule has 0 saturated carbocycles. The summed E-state index contributed by atoms with van der Waals surface area (Å²) in [5.74, 6) is -0.159. The Morgan fingerprint density at radius 3 is 2.17 bits per heavy atom. The first-order valence-electron chi connectivity index (χ1n) is 8.86. The van der Waals surface area contributed by atoms with E-state index in [9.17, 15) is 17.9 Å². The van der Waals surface area contributed by atoms with Gasteiger partial charge in [-0.2, -0.15) is 5.10 Å². The number of primary sulfonamides is 1. The van der Waals surface area contributed by atoms with E-state index in [1.54, 1.807) is 53.5 Å². The molecule has 0 saturated heterocycles. The van der Waals surface area contributed by atoms with Gasteiger partial charge < -0.3 is 5.11 Å². The van der Waals surface area contributed by atoms with Crippen LogP contribution in [0, 0.1) is 5.82 Å². The number of phenols is 1. The average Bonchev–Trinajstić information content (AvgIpc) is 3.14. The van der Waals surface area contributed by atoms with Crippen LogP contribution in [-0.4, -0.2) is 19.2 Å². The molecule has 0 spiro atoms. The van der Waals surface area contributed by atoms with Gasteiger partial charge in [0.05, 0.1) is 22.3 Å². The zero-order chi connectivity index (χ0) is 20.6. The molecule has 0 radical (unpaired) electrons. The Hall–Kier alpha value is -3.23. The van der Waals surface area contributed by atoms with Crippen LogP contribution < -0.4 is 10.1 Å². The number of hydrogen-bond acceptors (Lipinski definition) is 5. The van der Waals surface area contributed by atoms with Crippen molar-refractivity contribution in [1.29, 1.82) is 0 Å². The van der Waals surface area contributed by atoms with Gasteiger partial charge in [-0.1, -0.05) is 12.1 Å². The fourth-order valence-electron chi connectivity index (χ4n) is 3.31. The van der Waals surface area contributed by atoms with Gasteiger partial charge in [0.1, 0.15) is 11.6 Å². The number of rotatable bonds is 4. The number of sulfonamides is 1. The van der Waals surface area contributed by atoms with Crippen molar-refractivity contribution in [2.45, 2.75) is 17.4 Å². The monoisotopic (exact) mass is 411 g/mol. The van der Waals surface area contributed by atoms with Crippen molar-refractivity contribution in [2.24, 2.45) is 10.2 Å². The maximum atomic E-state index is 13.4. The Kier molecular flexibility index (Phi) is 4.81. The summed E-state index contributed by atoms with van der Waals surface area (Å²) >= 11 is 0. The number of nitrogens with two attached hydrogens (primary N) is 1. The van der Waals surface area contributed by atoms with Crippen LogP contribution in [0.5, 0.6) is 5.75 Å². The molecule has 0 aromatic heterocycles. The molecule has 29 heavy (non-hydrogen) atoms. The molecule has 6 nitrogen and oxygen atoms in total. The predicted molar refractivity (Wildman–Crippen MR) is 109 cm³/mol. The lowest BCUT2D eigenvalue weighted by Crippen LogP contribution is -2.19. The Balaban J connectivity index is 1.74. The van der Waals surface area contributed by atoms with Gasteiger partial charge in [-0.05, 0) is 71.8 Å². The normalized spacial score (nSPS) is 16.7. The van der Waals surface area contributed by atoms with E-state index in [1.165, 1.54) is 24.3 Å². The zero-order valence-corrected chi connectivity index (χ0v) is 16.1. The molecule has 1 heterocycles. The second kappa shape index (κ2) is 7.31. The summed E-state index contributed by atoms with van der Waals surface area (Å²) in [6.07, 6.45) is 0.563. The molecule has 3 aromatic rings. The minimum absolute atomic E-state index is 0.0153. The van der Waals surface area contributed by atoms with E-state index in [0.717, 1.165) is 16.8 Å². The van der Waals surface area contributed by atoms with Crippen molar-refractivity contribution in [3.05, 3.63) is 89.7 Å². The Bertz CT molecular complexity index is 1160. The van der Waals surface area contributed by atoms with Crippen molar-refractivity contribution in [2.75, 3.05) is 5.01 Å². The highest BCUT2D eigenvalue weighted by atomic mass is 32.2. The minimum Gasteiger partial charge on any atom is -0.508 e. The molecule has 1 aliphatic heterocycles. The number of benzene rings is 3. The molecular formula is C21H18FN3O3S. The summed E-state index contributed by atoms with van der Waals surface area (Å²) in [4.78, 5) is 0.0153. The number of halogens is 1. The van der Waals surface area contributed by atoms with E-state index in [1.807, 2.05) is 0 Å². The van der Waals surface area contributed by atoms with Crippen molar-refractivity contribution < 1.29 is 17.9 Å². The van der Waals surface area contributed by atoms with Crippen molar-refractivity contribution >= 4 is 21.4 Å². The van der Waals surface area contributed by atoms with E-state index >= 15 is 0 Å². The highest BCUT2D eigenvalue weighted by molar-refractivity contribution is 7.89. The van der Waals surface area contributed by atoms with Gasteiger partial charge in [-0.15, -0.1) is 0 Å². The molecule has 8 heteroatoms. The van der Waals surface area contributed by atoms with E-state index in [0.29, 0.717) is 12.1 Å². The molecule has 1 aliphatic rings. The number of phenolic OH excluding ortho intramolecular Hbond substituents is 1. The van der Waals surface area contributed by atoms with Crippen LogP contribution in [0.4, 0.5) is 10.1 Å². The van der Waals surface area contributed by atoms with Crippen LogP contribution in [0.2, 0.25) is 0 Å². The molecular weight excluding hydrogens is 393 g/mol. The summed E-state index contributed by atoms with van der Waals surface area (Å²) in [6, 6.07) is 18.9. The smallest absolute Gasteiger partial charge is 0.238 e. The maximum Gasteiger partial charge on any atom is 0.238 e. The van der Waals surface area contributed by atoms with Crippen LogP contribution in [0.15, 0.2) is 82.8 Å². The van der Waals surface area contributed by atoms with Crippen molar-refractivity contribution in [3.63, 3.8) is 0 Å². The van der Waals surface area contributed by atoms with E-state index < -0.39 is 10.0 Å². The zero-order valence-electron chi connectivity index (χ0n) is 15.2. The maximum absolute atomic E-state index is 13.4. The highest BCUT2D eigenvalue weighted by Crippen LogP contribution is 2.37. The molecule has 0 amide bonds. The van der Waals surface area contributed by atoms with Crippen LogP contribution in [0.1, 0.15) is 23.6 Å². The summed E-state index contributed by atoms with van der Waals surface area (Å²) in [7, 11) is -3.79. The SMILES string of the molecule is NS(=O)(=O)c1ccc(N2N=C(c3ccc(O)cc3)C[C@H]2c2ccc(F)cc2)cc1. The summed E-state index contributed by atoms with van der Waals surface area (Å²) in [5, 5.41) is 21.2. The van der Waals surface area contributed by atoms with Gasteiger partial charge in [0, 0.05) is 6.42 Å². The lowest BCUT2D eigenvalue weighted by atomic mass is 9.98. The topological polar surface area (TPSA) is 96.0 Å². The second-order valence-electron chi connectivity index (χ2n) is 6.75. The van der Waals surface area contributed by atoms with Crippen LogP contribution >= 0.6 is 0 Å². The van der Waals surface area contributed by atoms with Crippen LogP contribution in [-0.2, 0) is 10.0 Å². The average molecular weight is 411 g/mol. The largest absolute Gasteiger partial charge is 0.508 e. The highest BCUT2D eigenvalue weighted by Gasteiger charge is 2.30. The Labute approximate surface area is 167 Å². The van der Waals surface area contributed by atoms with Gasteiger partial charge in [0.25, 0.3) is 0 Å². The summed E-state index contributed by atoms with van der Waals surface area (Å²) in [6.45, 7) is 0. The first-order valence-corrected chi connectivity index (χ1v) is 10.4. The van der Waals surface area contributed by atoms with E-state index in [4.69, 9.17) is 10.2 Å². The fraction of sp³-hybridized carbons (Fsp3) is 0.0952. The third-order valence-electron chi connectivity index (χ3n) is 4.80. The number of hydrazone groups is 1. The molecule has 0 aliphatic carbocycles. The van der Waals surface area contributed by atoms with E-state index in [-0.39, 0.29) is 22.5 Å². The number of anilines is 1. The minimum atomic E-state index is -3.79. The molecule has 148 valence electrons. The van der Waals surface area contributed by atoms with Crippen molar-refractivity contribution in [1.82, 2.24) is 0 Å². The van der Waals surface area contributed by atoms with Crippen LogP contribution in [0.3, 0.4) is 0 Å². The summed E-state index contributed by atoms with van der Waals surface area (Å²) < 4.78 is 36.5. The summed E-state index contributed by atoms with van der Waals surface area (Å²) in [5.41, 5.74) is 3.22. The predicted octanol–water partition coefficient (Wildman–Crippen LogP) is 3.53. The first kappa shape index (κ1) is 19.1. The Morgan fingerprint density at radius 1 is 0.966 bits per heavy atom. The molecule has 1 atom stereocenters. The van der Waals surface area contributed by atoms with Gasteiger partial charge in [0.2, 0.25) is 10.0 Å². The molecule has 0 fully saturated rings. The Morgan fingerprint density at radius 2 is 1.59 bits per heavy atom. The second-order valence-corrected chi connectivity index (χ2v) is 8.31. The molecule has 3 aromatic carbocycles. The molecule has 3 N–H and O–H groups in total. The molecule has 0 unspecified atom stereocenters. The first-order chi connectivity index (χ1) is 13.8. The third-order valence-corrected chi connectivity index (χ3v) is 5.72. The molecule has 4 rings (SSSR count). The third kappa shape index (κ3) is 3.98. The number of aromatic hydroxyl groups is 1. The lowest BCUT2D eigenvalue weighted by Gasteiger charge is -2.24. The van der Waals surface area contributed by atoms with Crippen LogP contribution in [0.25, 0.3) is 0 Å². The van der Waals surface area contributed by atoms with Gasteiger partial charge in [-0.3, -0.25) is 5.01 Å². The van der Waals surface area contributed by atoms with Gasteiger partial charge >= 0.3 is 0 Å². The quantitative estimate of drug-likeness (QED) is 0.686. The standard InChI is InChI=1S/C21H18FN3O3S/c22-16-5-1-15(2-6-16)21-13-20(14-3-9-18(26)10-4-14)24-25(21)17-7-11-19(12-8-17)29(23,27)28/h1-12,21,26H,13H2,(H2,23,27,28)/t21-/m0/s1. The number of nitrogens with zero attached hydrogens (tertiary/aromatic N) is 2. The fourth-order valence-corrected chi connectivity index (χ4v) is 3.83. The lowest BCUT2D eigenvalue weighted by molar-refractivity contribution is 0.475. The van der Waals surface area contributed by atoms with E-state index in [2.05, 4.69) is 0 Å². The van der Waals surface area contributed by atoms with Gasteiger partial charge in [0.15, 0.2) is 0 Å². The number of hydrogen-bond donors (Lipinski definition) is 2. The molecule has 0 bridgehead atoms. The van der Waals surface area contributed by atoms with Crippen molar-refractivity contribution in [3.8, 4) is 5.75 Å².